The van der Waals surface area contributed by atoms with Gasteiger partial charge < -0.3 is 9.47 Å². The zero-order valence-corrected chi connectivity index (χ0v) is 18.5. The van der Waals surface area contributed by atoms with Crippen LogP contribution in [0.25, 0.3) is 10.8 Å². The Morgan fingerprint density at radius 2 is 1.00 bits per heavy atom. The molecule has 0 radical (unpaired) electrons. The highest BCUT2D eigenvalue weighted by atomic mass is 32.2. The maximum Gasteiger partial charge on any atom is 0.127 e. The Balaban J connectivity index is 1.50. The summed E-state index contributed by atoms with van der Waals surface area (Å²) in [6.45, 7) is 0. The molecule has 0 unspecified atom stereocenters. The molecule has 0 saturated carbocycles. The number of fused-ring (bicyclic) bond motifs is 1. The van der Waals surface area contributed by atoms with Crippen LogP contribution in [0.15, 0.2) is 82.8 Å². The van der Waals surface area contributed by atoms with Crippen LogP contribution in [0.1, 0.15) is 11.1 Å². The lowest BCUT2D eigenvalue weighted by molar-refractivity contribution is 0.414. The van der Waals surface area contributed by atoms with Gasteiger partial charge in [-0.3, -0.25) is 0 Å². The fraction of sp³-hybridized carbons (Fsp3) is 0.167. The van der Waals surface area contributed by atoms with E-state index in [2.05, 4.69) is 58.7 Å². The summed E-state index contributed by atoms with van der Waals surface area (Å²) in [5, 5.41) is 13.3. The lowest BCUT2D eigenvalue weighted by Gasteiger charge is -2.09. The van der Waals surface area contributed by atoms with Crippen LogP contribution in [-0.2, 0) is 11.5 Å². The Hall–Kier alpha value is -2.70. The van der Waals surface area contributed by atoms with Crippen molar-refractivity contribution in [3.8, 4) is 11.5 Å². The predicted molar refractivity (Wildman–Crippen MR) is 125 cm³/mol. The average molecular weight is 435 g/mol. The van der Waals surface area contributed by atoms with Crippen LogP contribution in [0, 0.1) is 0 Å². The number of hydrogen-bond donors (Lipinski definition) is 0. The first kappa shape index (κ1) is 20.6. The van der Waals surface area contributed by atoms with Crippen molar-refractivity contribution < 1.29 is 9.47 Å². The largest absolute Gasteiger partial charge is 0.497 e. The lowest BCUT2D eigenvalue weighted by Crippen LogP contribution is -1.93. The molecule has 0 fully saturated rings. The van der Waals surface area contributed by atoms with E-state index < -0.39 is 0 Å². The van der Waals surface area contributed by atoms with Crippen molar-refractivity contribution in [1.82, 2.24) is 10.2 Å². The molecular formula is C24H22N2O2S2. The third kappa shape index (κ3) is 4.89. The summed E-state index contributed by atoms with van der Waals surface area (Å²) in [5.74, 6) is 3.40. The minimum absolute atomic E-state index is 0.834. The van der Waals surface area contributed by atoms with Gasteiger partial charge in [-0.15, -0.1) is 10.2 Å². The van der Waals surface area contributed by atoms with Crippen LogP contribution in [0.4, 0.5) is 0 Å². The monoisotopic (exact) mass is 434 g/mol. The van der Waals surface area contributed by atoms with Crippen LogP contribution in [0.2, 0.25) is 0 Å². The molecule has 0 saturated heterocycles. The van der Waals surface area contributed by atoms with Gasteiger partial charge in [-0.05, 0) is 35.4 Å². The molecule has 0 aliphatic carbocycles. The first-order chi connectivity index (χ1) is 14.8. The molecule has 0 amide bonds. The Kier molecular flexibility index (Phi) is 6.77. The van der Waals surface area contributed by atoms with Gasteiger partial charge in [-0.25, -0.2) is 0 Å². The quantitative estimate of drug-likeness (QED) is 0.306. The van der Waals surface area contributed by atoms with Gasteiger partial charge in [0.2, 0.25) is 0 Å². The van der Waals surface area contributed by atoms with E-state index in [1.807, 2.05) is 24.3 Å². The standard InChI is InChI=1S/C24H22N2O2S2/c1-27-19-11-7-17(8-12-19)15-29-23-21-5-3-4-6-22(21)24(26-25-23)30-16-18-9-13-20(28-2)14-10-18/h3-14H,15-16H2,1-2H3. The second-order valence-electron chi connectivity index (χ2n) is 6.63. The van der Waals surface area contributed by atoms with Gasteiger partial charge in [0, 0.05) is 22.3 Å². The van der Waals surface area contributed by atoms with Crippen LogP contribution in [0.3, 0.4) is 0 Å². The van der Waals surface area contributed by atoms with Crippen LogP contribution in [-0.4, -0.2) is 24.4 Å². The van der Waals surface area contributed by atoms with Gasteiger partial charge in [0.05, 0.1) is 14.2 Å². The molecule has 4 rings (SSSR count). The van der Waals surface area contributed by atoms with Crippen molar-refractivity contribution in [2.75, 3.05) is 14.2 Å². The molecule has 4 aromatic rings. The van der Waals surface area contributed by atoms with E-state index in [9.17, 15) is 0 Å². The van der Waals surface area contributed by atoms with Gasteiger partial charge in [0.25, 0.3) is 0 Å². The molecule has 1 aromatic heterocycles. The molecule has 1 heterocycles. The molecular weight excluding hydrogens is 412 g/mol. The third-order valence-electron chi connectivity index (χ3n) is 4.69. The molecule has 152 valence electrons. The van der Waals surface area contributed by atoms with Crippen molar-refractivity contribution in [1.29, 1.82) is 0 Å². The van der Waals surface area contributed by atoms with Crippen molar-refractivity contribution in [3.63, 3.8) is 0 Å². The van der Waals surface area contributed by atoms with E-state index in [4.69, 9.17) is 9.47 Å². The van der Waals surface area contributed by atoms with E-state index in [0.29, 0.717) is 0 Å². The second-order valence-corrected chi connectivity index (χ2v) is 8.56. The summed E-state index contributed by atoms with van der Waals surface area (Å²) in [5.41, 5.74) is 2.45. The van der Waals surface area contributed by atoms with Crippen molar-refractivity contribution in [2.24, 2.45) is 0 Å². The van der Waals surface area contributed by atoms with E-state index in [1.165, 1.54) is 11.1 Å². The summed E-state index contributed by atoms with van der Waals surface area (Å²) < 4.78 is 10.5. The SMILES string of the molecule is COc1ccc(CSc2nnc(SCc3ccc(OC)cc3)c3ccccc23)cc1. The Labute approximate surface area is 185 Å². The number of benzene rings is 3. The normalized spacial score (nSPS) is 10.9. The Morgan fingerprint density at radius 3 is 1.37 bits per heavy atom. The second kappa shape index (κ2) is 9.87. The Morgan fingerprint density at radius 1 is 0.600 bits per heavy atom. The zero-order chi connectivity index (χ0) is 20.8. The maximum atomic E-state index is 5.23. The zero-order valence-electron chi connectivity index (χ0n) is 16.9. The van der Waals surface area contributed by atoms with Crippen molar-refractivity contribution >= 4 is 34.3 Å². The van der Waals surface area contributed by atoms with Gasteiger partial charge in [0.15, 0.2) is 0 Å². The highest BCUT2D eigenvalue weighted by molar-refractivity contribution is 7.99. The van der Waals surface area contributed by atoms with Crippen LogP contribution in [0.5, 0.6) is 11.5 Å². The molecule has 0 N–H and O–H groups in total. The molecule has 0 aliphatic rings. The number of aromatic nitrogens is 2. The number of thioether (sulfide) groups is 2. The smallest absolute Gasteiger partial charge is 0.127 e. The number of nitrogens with zero attached hydrogens (tertiary/aromatic N) is 2. The van der Waals surface area contributed by atoms with Crippen LogP contribution >= 0.6 is 23.5 Å². The van der Waals surface area contributed by atoms with Gasteiger partial charge in [-0.1, -0.05) is 72.1 Å². The summed E-state index contributed by atoms with van der Waals surface area (Å²) in [4.78, 5) is 0. The summed E-state index contributed by atoms with van der Waals surface area (Å²) in [6.07, 6.45) is 0. The van der Waals surface area contributed by atoms with Crippen LogP contribution < -0.4 is 9.47 Å². The van der Waals surface area contributed by atoms with Gasteiger partial charge in [0.1, 0.15) is 21.6 Å². The molecule has 4 nitrogen and oxygen atoms in total. The first-order valence-electron chi connectivity index (χ1n) is 9.53. The number of rotatable bonds is 8. The van der Waals surface area contributed by atoms with Gasteiger partial charge >= 0.3 is 0 Å². The third-order valence-corrected chi connectivity index (χ3v) is 6.79. The molecule has 0 aliphatic heterocycles. The number of hydrogen-bond acceptors (Lipinski definition) is 6. The lowest BCUT2D eigenvalue weighted by atomic mass is 10.2. The van der Waals surface area contributed by atoms with E-state index in [1.54, 1.807) is 37.7 Å². The number of ether oxygens (including phenoxy) is 2. The van der Waals surface area contributed by atoms with Crippen molar-refractivity contribution in [3.05, 3.63) is 83.9 Å². The predicted octanol–water partition coefficient (Wildman–Crippen LogP) is 6.23. The average Bonchev–Trinajstić information content (AvgIpc) is 2.82. The molecule has 6 heteroatoms. The highest BCUT2D eigenvalue weighted by Gasteiger charge is 2.11. The molecule has 3 aromatic carbocycles. The van der Waals surface area contributed by atoms with E-state index in [0.717, 1.165) is 43.8 Å². The summed E-state index contributed by atoms with van der Waals surface area (Å²) >= 11 is 3.41. The fourth-order valence-corrected chi connectivity index (χ4v) is 4.87. The minimum atomic E-state index is 0.834. The Bertz CT molecular complexity index is 1030. The summed E-state index contributed by atoms with van der Waals surface area (Å²) in [7, 11) is 3.36. The van der Waals surface area contributed by atoms with Crippen molar-refractivity contribution in [2.45, 2.75) is 21.6 Å². The molecule has 0 atom stereocenters. The highest BCUT2D eigenvalue weighted by Crippen LogP contribution is 2.34. The first-order valence-corrected chi connectivity index (χ1v) is 11.5. The number of methoxy groups -OCH3 is 2. The summed E-state index contributed by atoms with van der Waals surface area (Å²) in [6, 6.07) is 24.6. The maximum absolute atomic E-state index is 5.23. The molecule has 0 spiro atoms. The van der Waals surface area contributed by atoms with Gasteiger partial charge in [-0.2, -0.15) is 0 Å². The molecule has 30 heavy (non-hydrogen) atoms. The molecule has 0 bridgehead atoms. The minimum Gasteiger partial charge on any atom is -0.497 e. The fourth-order valence-electron chi connectivity index (χ4n) is 3.01. The van der Waals surface area contributed by atoms with E-state index >= 15 is 0 Å². The topological polar surface area (TPSA) is 44.2 Å². The van der Waals surface area contributed by atoms with E-state index in [-0.39, 0.29) is 0 Å².